The van der Waals surface area contributed by atoms with E-state index in [1.807, 2.05) is 0 Å². The van der Waals surface area contributed by atoms with E-state index in [9.17, 15) is 12.8 Å². The van der Waals surface area contributed by atoms with E-state index in [-0.39, 0.29) is 19.4 Å². The monoisotopic (exact) mass is 340 g/mol. The predicted octanol–water partition coefficient (Wildman–Crippen LogP) is 3.70. The lowest BCUT2D eigenvalue weighted by Crippen LogP contribution is -2.13. The van der Waals surface area contributed by atoms with Crippen LogP contribution in [0.5, 0.6) is 0 Å². The fraction of sp³-hybridized carbons (Fsp3) is 0.100. The van der Waals surface area contributed by atoms with Crippen molar-refractivity contribution in [2.75, 3.05) is 4.72 Å². The van der Waals surface area contributed by atoms with E-state index >= 15 is 0 Å². The molecule has 2 rings (SSSR count). The first kappa shape index (κ1) is 14.5. The highest BCUT2D eigenvalue weighted by molar-refractivity contribution is 7.94. The third-order valence-electron chi connectivity index (χ3n) is 2.15. The molecule has 0 saturated heterocycles. The Morgan fingerprint density at radius 1 is 1.37 bits per heavy atom. The molecule has 1 N–H and O–H groups in total. The molecule has 0 unspecified atom stereocenters. The molecule has 0 amide bonds. The van der Waals surface area contributed by atoms with E-state index < -0.39 is 15.8 Å². The number of thiazole rings is 1. The van der Waals surface area contributed by atoms with Gasteiger partial charge in [0.05, 0.1) is 16.4 Å². The third kappa shape index (κ3) is 3.17. The van der Waals surface area contributed by atoms with Gasteiger partial charge in [-0.25, -0.2) is 17.8 Å². The van der Waals surface area contributed by atoms with Crippen LogP contribution in [-0.4, -0.2) is 13.4 Å². The van der Waals surface area contributed by atoms with E-state index in [0.717, 1.165) is 23.5 Å². The Labute approximate surface area is 123 Å². The van der Waals surface area contributed by atoms with Gasteiger partial charge in [-0.2, -0.15) is 0 Å². The average Bonchev–Trinajstić information content (AvgIpc) is 2.63. The van der Waals surface area contributed by atoms with Gasteiger partial charge in [0.2, 0.25) is 0 Å². The summed E-state index contributed by atoms with van der Waals surface area (Å²) in [5.74, 6) is -0.551. The quantitative estimate of drug-likeness (QED) is 0.926. The Hall–Kier alpha value is -0.890. The fourth-order valence-corrected chi connectivity index (χ4v) is 4.45. The number of sulfonamides is 1. The minimum Gasteiger partial charge on any atom is -0.277 e. The Morgan fingerprint density at radius 3 is 2.58 bits per heavy atom. The van der Waals surface area contributed by atoms with Gasteiger partial charge in [0, 0.05) is 0 Å². The van der Waals surface area contributed by atoms with Crippen LogP contribution in [0.3, 0.4) is 0 Å². The van der Waals surface area contributed by atoms with E-state index in [1.54, 1.807) is 0 Å². The molecule has 4 nitrogen and oxygen atoms in total. The molecule has 9 heteroatoms. The van der Waals surface area contributed by atoms with E-state index in [0.29, 0.717) is 5.69 Å². The smallest absolute Gasteiger partial charge is 0.273 e. The van der Waals surface area contributed by atoms with Crippen LogP contribution in [0.2, 0.25) is 9.49 Å². The number of nitrogens with zero attached hydrogens (tertiary/aromatic N) is 1. The van der Waals surface area contributed by atoms with Crippen LogP contribution >= 0.6 is 34.5 Å². The van der Waals surface area contributed by atoms with Crippen LogP contribution in [0, 0.1) is 12.7 Å². The van der Waals surface area contributed by atoms with E-state index in [2.05, 4.69) is 9.71 Å². The molecule has 0 aliphatic rings. The zero-order valence-corrected chi connectivity index (χ0v) is 12.6. The van der Waals surface area contributed by atoms with Gasteiger partial charge in [0.25, 0.3) is 10.0 Å². The highest BCUT2D eigenvalue weighted by atomic mass is 35.5. The molecule has 0 aliphatic heterocycles. The summed E-state index contributed by atoms with van der Waals surface area (Å²) in [7, 11) is -3.84. The van der Waals surface area contributed by atoms with Crippen molar-refractivity contribution in [3.05, 3.63) is 39.2 Å². The minimum atomic E-state index is -3.84. The lowest BCUT2D eigenvalue weighted by atomic mass is 10.3. The summed E-state index contributed by atoms with van der Waals surface area (Å²) in [6.45, 7) is 1.53. The van der Waals surface area contributed by atoms with Crippen LogP contribution in [0.25, 0.3) is 0 Å². The standard InChI is InChI=1S/C10H7Cl2FN2O2S2/c1-5-9(18-10(12)14-5)19(16,17)15-8-3-2-6(13)4-7(8)11/h2-4,15H,1H3. The van der Waals surface area contributed by atoms with Gasteiger partial charge in [-0.05, 0) is 25.1 Å². The van der Waals surface area contributed by atoms with Crippen molar-refractivity contribution >= 4 is 50.2 Å². The number of benzene rings is 1. The van der Waals surface area contributed by atoms with Crippen LogP contribution in [0.1, 0.15) is 5.69 Å². The molecular formula is C10H7Cl2FN2O2S2. The lowest BCUT2D eigenvalue weighted by Gasteiger charge is -2.08. The maximum absolute atomic E-state index is 12.9. The molecule has 0 aliphatic carbocycles. The van der Waals surface area contributed by atoms with Gasteiger partial charge in [-0.1, -0.05) is 34.5 Å². The number of halogens is 3. The fourth-order valence-electron chi connectivity index (χ4n) is 1.36. The summed E-state index contributed by atoms with van der Waals surface area (Å²) in [5.41, 5.74) is 0.382. The second kappa shape index (κ2) is 5.24. The second-order valence-electron chi connectivity index (χ2n) is 3.57. The molecule has 2 aromatic rings. The molecule has 0 saturated carbocycles. The van der Waals surface area contributed by atoms with Crippen molar-refractivity contribution in [1.29, 1.82) is 0 Å². The number of anilines is 1. The topological polar surface area (TPSA) is 59.1 Å². The third-order valence-corrected chi connectivity index (χ3v) is 5.70. The Morgan fingerprint density at radius 2 is 2.05 bits per heavy atom. The Bertz CT molecular complexity index is 731. The average molecular weight is 341 g/mol. The molecule has 0 bridgehead atoms. The molecular weight excluding hydrogens is 334 g/mol. The maximum Gasteiger partial charge on any atom is 0.273 e. The first-order valence-corrected chi connectivity index (χ1v) is 7.96. The summed E-state index contributed by atoms with van der Waals surface area (Å²) in [6, 6.07) is 3.37. The summed E-state index contributed by atoms with van der Waals surface area (Å²) >= 11 is 12.3. The summed E-state index contributed by atoms with van der Waals surface area (Å²) in [6.07, 6.45) is 0. The minimum absolute atomic E-state index is 0.00195. The van der Waals surface area contributed by atoms with Crippen molar-refractivity contribution in [2.45, 2.75) is 11.1 Å². The van der Waals surface area contributed by atoms with Gasteiger partial charge in [0.1, 0.15) is 5.82 Å². The largest absolute Gasteiger partial charge is 0.277 e. The zero-order valence-electron chi connectivity index (χ0n) is 9.45. The van der Waals surface area contributed by atoms with Gasteiger partial charge in [-0.3, -0.25) is 4.72 Å². The normalized spacial score (nSPS) is 11.6. The second-order valence-corrected chi connectivity index (χ2v) is 7.44. The van der Waals surface area contributed by atoms with E-state index in [1.165, 1.54) is 13.0 Å². The molecule has 0 spiro atoms. The molecule has 0 fully saturated rings. The SMILES string of the molecule is Cc1nc(Cl)sc1S(=O)(=O)Nc1ccc(F)cc1Cl. The van der Waals surface area contributed by atoms with Crippen LogP contribution in [0.15, 0.2) is 22.4 Å². The summed E-state index contributed by atoms with van der Waals surface area (Å²) < 4.78 is 39.5. The number of hydrogen-bond donors (Lipinski definition) is 1. The van der Waals surface area contributed by atoms with Crippen molar-refractivity contribution in [2.24, 2.45) is 0 Å². The van der Waals surface area contributed by atoms with Crippen LogP contribution in [0.4, 0.5) is 10.1 Å². The summed E-state index contributed by atoms with van der Waals surface area (Å²) in [4.78, 5) is 3.83. The Balaban J connectivity index is 2.39. The number of hydrogen-bond acceptors (Lipinski definition) is 4. The number of nitrogens with one attached hydrogen (secondary N) is 1. The van der Waals surface area contributed by atoms with Gasteiger partial charge in [0.15, 0.2) is 8.68 Å². The molecule has 1 aromatic carbocycles. The highest BCUT2D eigenvalue weighted by Crippen LogP contribution is 2.30. The van der Waals surface area contributed by atoms with Gasteiger partial charge >= 0.3 is 0 Å². The molecule has 102 valence electrons. The van der Waals surface area contributed by atoms with Crippen molar-refractivity contribution < 1.29 is 12.8 Å². The first-order valence-electron chi connectivity index (χ1n) is 4.90. The predicted molar refractivity (Wildman–Crippen MR) is 74.1 cm³/mol. The van der Waals surface area contributed by atoms with Gasteiger partial charge in [-0.15, -0.1) is 0 Å². The molecule has 0 radical (unpaired) electrons. The maximum atomic E-state index is 12.9. The van der Waals surface area contributed by atoms with Crippen LogP contribution < -0.4 is 4.72 Å². The van der Waals surface area contributed by atoms with Gasteiger partial charge < -0.3 is 0 Å². The van der Waals surface area contributed by atoms with Crippen molar-refractivity contribution in [3.63, 3.8) is 0 Å². The van der Waals surface area contributed by atoms with E-state index in [4.69, 9.17) is 23.2 Å². The molecule has 0 atom stereocenters. The van der Waals surface area contributed by atoms with Crippen molar-refractivity contribution in [1.82, 2.24) is 4.98 Å². The number of rotatable bonds is 3. The highest BCUT2D eigenvalue weighted by Gasteiger charge is 2.22. The summed E-state index contributed by atoms with van der Waals surface area (Å²) in [5, 5.41) is -0.0307. The number of aromatic nitrogens is 1. The Kier molecular flexibility index (Phi) is 4.00. The van der Waals surface area contributed by atoms with Crippen molar-refractivity contribution in [3.8, 4) is 0 Å². The zero-order chi connectivity index (χ0) is 14.2. The first-order chi connectivity index (χ1) is 8.79. The number of aryl methyl sites for hydroxylation is 1. The molecule has 1 heterocycles. The lowest BCUT2D eigenvalue weighted by molar-refractivity contribution is 0.602. The molecule has 1 aromatic heterocycles. The molecule has 19 heavy (non-hydrogen) atoms. The van der Waals surface area contributed by atoms with Crippen LogP contribution in [-0.2, 0) is 10.0 Å².